The lowest BCUT2D eigenvalue weighted by Crippen LogP contribution is -2.25. The fourth-order valence-corrected chi connectivity index (χ4v) is 3.62. The Labute approximate surface area is 176 Å². The van der Waals surface area contributed by atoms with Crippen LogP contribution in [0.3, 0.4) is 0 Å². The first-order chi connectivity index (χ1) is 14.5. The molecule has 0 aliphatic carbocycles. The maximum Gasteiger partial charge on any atom is 0.338 e. The van der Waals surface area contributed by atoms with Gasteiger partial charge in [-0.1, -0.05) is 36.0 Å². The number of carbonyl (C=O) groups is 2. The largest absolute Gasteiger partial charge is 0.462 e. The Kier molecular flexibility index (Phi) is 6.91. The van der Waals surface area contributed by atoms with Gasteiger partial charge in [-0.05, 0) is 31.0 Å². The van der Waals surface area contributed by atoms with Crippen LogP contribution in [0.5, 0.6) is 0 Å². The third kappa shape index (κ3) is 5.51. The van der Waals surface area contributed by atoms with Crippen LogP contribution in [0, 0.1) is 10.1 Å². The van der Waals surface area contributed by atoms with Crippen molar-refractivity contribution in [3.8, 4) is 0 Å². The molecule has 1 unspecified atom stereocenters. The van der Waals surface area contributed by atoms with Crippen LogP contribution in [-0.4, -0.2) is 40.0 Å². The Morgan fingerprint density at radius 3 is 2.77 bits per heavy atom. The summed E-state index contributed by atoms with van der Waals surface area (Å²) in [7, 11) is 0. The monoisotopic (exact) mass is 426 g/mol. The molecule has 1 saturated heterocycles. The molecule has 10 heteroatoms. The predicted octanol–water partition coefficient (Wildman–Crippen LogP) is 2.94. The topological polar surface area (TPSA) is 123 Å². The molecular weight excluding hydrogens is 408 g/mol. The van der Waals surface area contributed by atoms with Crippen LogP contribution < -0.4 is 5.32 Å². The molecule has 1 fully saturated rings. The van der Waals surface area contributed by atoms with Crippen molar-refractivity contribution in [3.05, 3.63) is 75.3 Å². The quantitative estimate of drug-likeness (QED) is 0.314. The summed E-state index contributed by atoms with van der Waals surface area (Å²) >= 11 is 1.25. The van der Waals surface area contributed by atoms with Gasteiger partial charge >= 0.3 is 5.97 Å². The number of benzene rings is 2. The highest BCUT2D eigenvalue weighted by Gasteiger charge is 2.30. The highest BCUT2D eigenvalue weighted by molar-refractivity contribution is 8.15. The number of amides is 1. The van der Waals surface area contributed by atoms with Crippen molar-refractivity contribution in [2.45, 2.75) is 18.6 Å². The van der Waals surface area contributed by atoms with Gasteiger partial charge in [0.15, 0.2) is 5.17 Å². The summed E-state index contributed by atoms with van der Waals surface area (Å²) in [6.45, 7) is 2.06. The second-order valence-electron chi connectivity index (χ2n) is 6.22. The highest BCUT2D eigenvalue weighted by atomic mass is 32.2. The zero-order chi connectivity index (χ0) is 21.5. The average Bonchev–Trinajstić information content (AvgIpc) is 3.08. The van der Waals surface area contributed by atoms with Gasteiger partial charge in [0.2, 0.25) is 5.91 Å². The van der Waals surface area contributed by atoms with E-state index in [2.05, 4.69) is 15.5 Å². The zero-order valence-corrected chi connectivity index (χ0v) is 16.8. The molecule has 3 rings (SSSR count). The molecule has 0 saturated carbocycles. The molecule has 0 aromatic heterocycles. The van der Waals surface area contributed by atoms with E-state index >= 15 is 0 Å². The van der Waals surface area contributed by atoms with E-state index in [0.29, 0.717) is 29.3 Å². The van der Waals surface area contributed by atoms with Crippen molar-refractivity contribution in [1.82, 2.24) is 5.32 Å². The molecule has 9 nitrogen and oxygen atoms in total. The van der Waals surface area contributed by atoms with Crippen LogP contribution in [0.1, 0.15) is 28.4 Å². The fourth-order valence-electron chi connectivity index (χ4n) is 2.66. The van der Waals surface area contributed by atoms with Crippen molar-refractivity contribution in [3.63, 3.8) is 0 Å². The number of nitro benzene ring substituents is 1. The number of nitro groups is 1. The fraction of sp³-hybridized carbons (Fsp3) is 0.200. The number of thioether (sulfide) groups is 1. The number of hydrogen-bond acceptors (Lipinski definition) is 8. The highest BCUT2D eigenvalue weighted by Crippen LogP contribution is 2.23. The number of ether oxygens (including phenoxy) is 1. The van der Waals surface area contributed by atoms with E-state index in [9.17, 15) is 19.7 Å². The van der Waals surface area contributed by atoms with E-state index in [1.54, 1.807) is 43.3 Å². The van der Waals surface area contributed by atoms with Crippen LogP contribution in [-0.2, 0) is 16.0 Å². The molecule has 1 aliphatic heterocycles. The molecule has 0 bridgehead atoms. The molecule has 0 spiro atoms. The van der Waals surface area contributed by atoms with E-state index in [1.807, 2.05) is 0 Å². The minimum absolute atomic E-state index is 0.0378. The molecule has 2 aromatic carbocycles. The third-order valence-corrected chi connectivity index (χ3v) is 5.17. The van der Waals surface area contributed by atoms with Crippen LogP contribution in [0.15, 0.2) is 58.7 Å². The second kappa shape index (κ2) is 9.79. The Hall–Kier alpha value is -3.53. The van der Waals surface area contributed by atoms with E-state index in [4.69, 9.17) is 4.74 Å². The van der Waals surface area contributed by atoms with E-state index in [1.165, 1.54) is 30.1 Å². The minimum atomic E-state index is -0.486. The average molecular weight is 426 g/mol. The molecular formula is C20H18N4O5S. The molecule has 1 N–H and O–H groups in total. The molecule has 2 aromatic rings. The van der Waals surface area contributed by atoms with Crippen LogP contribution in [0.4, 0.5) is 5.69 Å². The summed E-state index contributed by atoms with van der Waals surface area (Å²) in [6.07, 6.45) is 1.85. The molecule has 0 radical (unpaired) electrons. The lowest BCUT2D eigenvalue weighted by Gasteiger charge is -2.06. The number of esters is 1. The van der Waals surface area contributed by atoms with E-state index in [-0.39, 0.29) is 22.8 Å². The first kappa shape index (κ1) is 21.2. The molecule has 1 heterocycles. The number of amidine groups is 1. The minimum Gasteiger partial charge on any atom is -0.462 e. The number of nitrogens with zero attached hydrogens (tertiary/aromatic N) is 3. The third-order valence-electron chi connectivity index (χ3n) is 4.10. The number of non-ortho nitro benzene ring substituents is 1. The van der Waals surface area contributed by atoms with Gasteiger partial charge in [-0.3, -0.25) is 14.9 Å². The Morgan fingerprint density at radius 2 is 2.07 bits per heavy atom. The van der Waals surface area contributed by atoms with Gasteiger partial charge in [-0.15, -0.1) is 5.10 Å². The summed E-state index contributed by atoms with van der Waals surface area (Å²) < 4.78 is 4.95. The molecule has 1 amide bonds. The van der Waals surface area contributed by atoms with E-state index < -0.39 is 4.92 Å². The number of hydrogen-bond donors (Lipinski definition) is 1. The second-order valence-corrected chi connectivity index (χ2v) is 7.41. The summed E-state index contributed by atoms with van der Waals surface area (Å²) in [6, 6.07) is 12.9. The van der Waals surface area contributed by atoms with Gasteiger partial charge in [-0.25, -0.2) is 4.79 Å². The van der Waals surface area contributed by atoms with Crippen molar-refractivity contribution in [1.29, 1.82) is 0 Å². The van der Waals surface area contributed by atoms with Gasteiger partial charge in [0, 0.05) is 17.7 Å². The zero-order valence-electron chi connectivity index (χ0n) is 16.0. The number of carbonyl (C=O) groups excluding carboxylic acids is 2. The lowest BCUT2D eigenvalue weighted by atomic mass is 10.1. The van der Waals surface area contributed by atoms with Gasteiger partial charge < -0.3 is 10.1 Å². The maximum atomic E-state index is 12.2. The van der Waals surface area contributed by atoms with Crippen molar-refractivity contribution in [2.75, 3.05) is 6.61 Å². The standard InChI is InChI=1S/C20H18N4O5S/c1-2-29-19(26)15-8-6-13(7-9-15)11-17-18(25)22-20(30-17)23-21-12-14-4-3-5-16(10-14)24(27)28/h3-10,12,17H,2,11H2,1H3,(H,22,23,25). The first-order valence-corrected chi connectivity index (χ1v) is 9.93. The normalized spacial score (nSPS) is 17.3. The summed E-state index contributed by atoms with van der Waals surface area (Å²) in [5.74, 6) is -0.563. The SMILES string of the molecule is CCOC(=O)c1ccc(CC2S/C(=N/N=Cc3cccc([N+](=O)[O-])c3)NC2=O)cc1. The van der Waals surface area contributed by atoms with Crippen LogP contribution >= 0.6 is 11.8 Å². The molecule has 154 valence electrons. The predicted molar refractivity (Wildman–Crippen MR) is 114 cm³/mol. The lowest BCUT2D eigenvalue weighted by molar-refractivity contribution is -0.384. The van der Waals surface area contributed by atoms with Gasteiger partial charge in [0.1, 0.15) is 0 Å². The first-order valence-electron chi connectivity index (χ1n) is 9.05. The summed E-state index contributed by atoms with van der Waals surface area (Å²) in [5, 5.41) is 21.3. The molecule has 30 heavy (non-hydrogen) atoms. The van der Waals surface area contributed by atoms with Crippen LogP contribution in [0.25, 0.3) is 0 Å². The number of nitrogens with one attached hydrogen (secondary N) is 1. The maximum absolute atomic E-state index is 12.2. The van der Waals surface area contributed by atoms with Crippen molar-refractivity contribution >= 4 is 40.7 Å². The summed E-state index contributed by atoms with van der Waals surface area (Å²) in [4.78, 5) is 34.2. The Morgan fingerprint density at radius 1 is 1.30 bits per heavy atom. The van der Waals surface area contributed by atoms with Gasteiger partial charge in [-0.2, -0.15) is 5.10 Å². The van der Waals surface area contributed by atoms with Crippen molar-refractivity contribution < 1.29 is 19.2 Å². The van der Waals surface area contributed by atoms with Gasteiger partial charge in [0.05, 0.1) is 28.6 Å². The van der Waals surface area contributed by atoms with E-state index in [0.717, 1.165) is 5.56 Å². The van der Waals surface area contributed by atoms with Crippen LogP contribution in [0.2, 0.25) is 0 Å². The van der Waals surface area contributed by atoms with Gasteiger partial charge in [0.25, 0.3) is 5.69 Å². The Balaban J connectivity index is 1.60. The molecule has 1 aliphatic rings. The smallest absolute Gasteiger partial charge is 0.338 e. The van der Waals surface area contributed by atoms with Crippen molar-refractivity contribution in [2.24, 2.45) is 10.2 Å². The Bertz CT molecular complexity index is 1020. The number of rotatable bonds is 7. The molecule has 1 atom stereocenters. The summed E-state index contributed by atoms with van der Waals surface area (Å²) in [5.41, 5.74) is 1.85.